The number of hydrogen-bond acceptors (Lipinski definition) is 4. The molecule has 0 bridgehead atoms. The van der Waals surface area contributed by atoms with Crippen LogP contribution in [0.4, 0.5) is 11.4 Å². The fourth-order valence-electron chi connectivity index (χ4n) is 5.53. The van der Waals surface area contributed by atoms with Gasteiger partial charge in [-0.25, -0.2) is 0 Å². The minimum Gasteiger partial charge on any atom is -0.369 e. The summed E-state index contributed by atoms with van der Waals surface area (Å²) < 4.78 is 0. The number of anilines is 2. The minimum absolute atomic E-state index is 0.193. The van der Waals surface area contributed by atoms with Gasteiger partial charge < -0.3 is 9.80 Å². The first-order valence-corrected chi connectivity index (χ1v) is 12.1. The Morgan fingerprint density at radius 3 is 2.24 bits per heavy atom. The second-order valence-corrected chi connectivity index (χ2v) is 9.08. The normalized spacial score (nSPS) is 20.3. The number of nitriles is 1. The van der Waals surface area contributed by atoms with Gasteiger partial charge in [0.05, 0.1) is 11.6 Å². The zero-order valence-corrected chi connectivity index (χ0v) is 19.7. The van der Waals surface area contributed by atoms with E-state index in [0.717, 1.165) is 61.6 Å². The van der Waals surface area contributed by atoms with E-state index in [1.54, 1.807) is 0 Å². The lowest BCUT2D eigenvalue weighted by Crippen LogP contribution is -2.49. The van der Waals surface area contributed by atoms with Crippen molar-refractivity contribution in [2.45, 2.75) is 18.8 Å². The first kappa shape index (κ1) is 22.2. The fraction of sp³-hybridized carbons (Fsp3) is 0.310. The molecule has 0 spiro atoms. The predicted octanol–water partition coefficient (Wildman–Crippen LogP) is 4.42. The van der Waals surface area contributed by atoms with Gasteiger partial charge in [0.25, 0.3) is 0 Å². The molecule has 1 saturated heterocycles. The number of likely N-dealkylation sites (N-methyl/N-ethyl adjacent to an activating group) is 1. The molecule has 0 saturated carbocycles. The van der Waals surface area contributed by atoms with Crippen molar-refractivity contribution < 1.29 is 4.79 Å². The second-order valence-electron chi connectivity index (χ2n) is 9.08. The molecule has 3 aromatic rings. The predicted molar refractivity (Wildman–Crippen MR) is 136 cm³/mol. The third kappa shape index (κ3) is 3.74. The van der Waals surface area contributed by atoms with Crippen molar-refractivity contribution in [3.63, 3.8) is 0 Å². The zero-order valence-electron chi connectivity index (χ0n) is 19.7. The van der Waals surface area contributed by atoms with E-state index < -0.39 is 5.41 Å². The van der Waals surface area contributed by atoms with Gasteiger partial charge in [0.15, 0.2) is 0 Å². The van der Waals surface area contributed by atoms with Crippen molar-refractivity contribution in [2.75, 3.05) is 49.1 Å². The second kappa shape index (κ2) is 9.32. The highest BCUT2D eigenvalue weighted by atomic mass is 16.2. The maximum atomic E-state index is 14.0. The van der Waals surface area contributed by atoms with Gasteiger partial charge in [0.1, 0.15) is 5.41 Å². The van der Waals surface area contributed by atoms with Gasteiger partial charge in [0.2, 0.25) is 5.91 Å². The number of piperazine rings is 1. The van der Waals surface area contributed by atoms with Crippen LogP contribution in [0.2, 0.25) is 0 Å². The minimum atomic E-state index is -0.641. The van der Waals surface area contributed by atoms with Crippen LogP contribution in [0, 0.1) is 11.3 Å². The summed E-state index contributed by atoms with van der Waals surface area (Å²) in [4.78, 5) is 20.8. The maximum Gasteiger partial charge on any atom is 0.242 e. The fourth-order valence-corrected chi connectivity index (χ4v) is 5.53. The molecule has 2 aliphatic heterocycles. The number of carbonyl (C=O) groups is 1. The van der Waals surface area contributed by atoms with Crippen LogP contribution in [0.15, 0.2) is 78.9 Å². The van der Waals surface area contributed by atoms with Crippen LogP contribution < -0.4 is 9.80 Å². The smallest absolute Gasteiger partial charge is 0.242 e. The highest BCUT2D eigenvalue weighted by molar-refractivity contribution is 6.10. The summed E-state index contributed by atoms with van der Waals surface area (Å²) >= 11 is 0. The summed E-state index contributed by atoms with van der Waals surface area (Å²) in [6.07, 6.45) is 0.764. The third-order valence-electron chi connectivity index (χ3n) is 7.38. The van der Waals surface area contributed by atoms with E-state index in [1.165, 1.54) is 0 Å². The molecule has 5 heteroatoms. The monoisotopic (exact) mass is 450 g/mol. The van der Waals surface area contributed by atoms with Gasteiger partial charge in [-0.15, -0.1) is 0 Å². The Balaban J connectivity index is 1.35. The Morgan fingerprint density at radius 2 is 1.56 bits per heavy atom. The lowest BCUT2D eigenvalue weighted by atomic mass is 9.72. The Kier molecular flexibility index (Phi) is 6.08. The van der Waals surface area contributed by atoms with Crippen molar-refractivity contribution in [1.82, 2.24) is 4.90 Å². The van der Waals surface area contributed by atoms with E-state index in [2.05, 4.69) is 53.1 Å². The average molecular weight is 451 g/mol. The molecule has 1 fully saturated rings. The Hall–Kier alpha value is -3.62. The maximum absolute atomic E-state index is 14.0. The van der Waals surface area contributed by atoms with Crippen molar-refractivity contribution in [1.29, 1.82) is 5.26 Å². The van der Waals surface area contributed by atoms with Crippen molar-refractivity contribution >= 4 is 17.3 Å². The van der Waals surface area contributed by atoms with E-state index in [4.69, 9.17) is 5.26 Å². The third-order valence-corrected chi connectivity index (χ3v) is 7.38. The summed E-state index contributed by atoms with van der Waals surface area (Å²) in [7, 11) is 0. The molecule has 0 aromatic heterocycles. The van der Waals surface area contributed by atoms with Gasteiger partial charge in [0, 0.05) is 44.1 Å². The number of nitrogens with zero attached hydrogens (tertiary/aromatic N) is 4. The van der Waals surface area contributed by atoms with Crippen molar-refractivity contribution in [2.24, 2.45) is 0 Å². The summed E-state index contributed by atoms with van der Waals surface area (Å²) in [5.41, 5.74) is 4.47. The number of fused-ring (bicyclic) bond motifs is 1. The van der Waals surface area contributed by atoms with Crippen molar-refractivity contribution in [3.05, 3.63) is 95.6 Å². The van der Waals surface area contributed by atoms with E-state index in [-0.39, 0.29) is 5.91 Å². The number of para-hydroxylation sites is 1. The SMILES string of the molecule is CCN1C(=O)C(CCN2CCN(c3ccc(C#N)cc3)CC2)(c2ccccc2)c2ccccc21. The molecule has 2 aliphatic rings. The number of benzene rings is 3. The molecule has 1 unspecified atom stereocenters. The number of hydrogen-bond donors (Lipinski definition) is 0. The van der Waals surface area contributed by atoms with Gasteiger partial charge in [-0.2, -0.15) is 5.26 Å². The van der Waals surface area contributed by atoms with Gasteiger partial charge in [-0.3, -0.25) is 9.69 Å². The first-order valence-electron chi connectivity index (χ1n) is 12.1. The average Bonchev–Trinajstić information content (AvgIpc) is 3.16. The van der Waals surface area contributed by atoms with Crippen LogP contribution in [0.25, 0.3) is 0 Å². The van der Waals surface area contributed by atoms with E-state index >= 15 is 0 Å². The van der Waals surface area contributed by atoms with E-state index in [1.807, 2.05) is 53.4 Å². The molecule has 0 aliphatic carbocycles. The highest BCUT2D eigenvalue weighted by Gasteiger charge is 2.51. The van der Waals surface area contributed by atoms with E-state index in [0.29, 0.717) is 12.1 Å². The molecule has 3 aromatic carbocycles. The van der Waals surface area contributed by atoms with Gasteiger partial charge >= 0.3 is 0 Å². The quantitative estimate of drug-likeness (QED) is 0.558. The van der Waals surface area contributed by atoms with Crippen LogP contribution in [-0.2, 0) is 10.2 Å². The molecule has 0 N–H and O–H groups in total. The molecule has 172 valence electrons. The summed E-state index contributed by atoms with van der Waals surface area (Å²) in [6.45, 7) is 7.39. The topological polar surface area (TPSA) is 50.6 Å². The van der Waals surface area contributed by atoms with Gasteiger partial charge in [-0.1, -0.05) is 48.5 Å². The summed E-state index contributed by atoms with van der Waals surface area (Å²) in [5.74, 6) is 0.193. The summed E-state index contributed by atoms with van der Waals surface area (Å²) in [6, 6.07) is 28.6. The van der Waals surface area contributed by atoms with Crippen LogP contribution in [0.1, 0.15) is 30.0 Å². The molecular weight excluding hydrogens is 420 g/mol. The molecule has 5 nitrogen and oxygen atoms in total. The van der Waals surface area contributed by atoms with Crippen LogP contribution >= 0.6 is 0 Å². The molecule has 5 rings (SSSR count). The molecular formula is C29H30N4O. The summed E-state index contributed by atoms with van der Waals surface area (Å²) in [5, 5.41) is 9.04. The Labute approximate surface area is 201 Å². The Morgan fingerprint density at radius 1 is 0.882 bits per heavy atom. The molecule has 0 radical (unpaired) electrons. The first-order chi connectivity index (χ1) is 16.7. The van der Waals surface area contributed by atoms with Crippen LogP contribution in [0.5, 0.6) is 0 Å². The lowest BCUT2D eigenvalue weighted by molar-refractivity contribution is -0.122. The zero-order chi connectivity index (χ0) is 23.5. The molecule has 34 heavy (non-hydrogen) atoms. The molecule has 2 heterocycles. The Bertz CT molecular complexity index is 1190. The molecule has 1 atom stereocenters. The number of amides is 1. The van der Waals surface area contributed by atoms with Crippen molar-refractivity contribution in [3.8, 4) is 6.07 Å². The lowest BCUT2D eigenvalue weighted by Gasteiger charge is -2.38. The van der Waals surface area contributed by atoms with Crippen LogP contribution in [0.3, 0.4) is 0 Å². The van der Waals surface area contributed by atoms with E-state index in [9.17, 15) is 4.79 Å². The molecule has 1 amide bonds. The highest BCUT2D eigenvalue weighted by Crippen LogP contribution is 2.48. The largest absolute Gasteiger partial charge is 0.369 e. The van der Waals surface area contributed by atoms with Crippen LogP contribution in [-0.4, -0.2) is 50.1 Å². The number of carbonyl (C=O) groups excluding carboxylic acids is 1. The standard InChI is InChI=1S/C29H30N4O/c1-2-33-27-11-7-6-10-26(27)29(28(33)34,24-8-4-3-5-9-24)16-17-31-18-20-32(21-19-31)25-14-12-23(22-30)13-15-25/h3-15H,2,16-21H2,1H3. The number of rotatable bonds is 6. The van der Waals surface area contributed by atoms with Gasteiger partial charge in [-0.05, 0) is 61.3 Å².